The number of benzene rings is 2. The van der Waals surface area contributed by atoms with E-state index < -0.39 is 0 Å². The van der Waals surface area contributed by atoms with E-state index in [4.69, 9.17) is 0 Å². The standard InChI is InChI=1S/C23H30FN3O/c1-3-19(20-7-5-4-6-8-20)17-25-23(28)18(2)26-13-15-27(16-14-26)22-11-9-21(24)10-12-22/h4-12,18-19H,3,13-17H2,1-2H3,(H,25,28)/t18-,19+/m0/s1. The summed E-state index contributed by atoms with van der Waals surface area (Å²) in [6.45, 7) is 8.12. The van der Waals surface area contributed by atoms with Gasteiger partial charge in [0.2, 0.25) is 5.91 Å². The maximum Gasteiger partial charge on any atom is 0.237 e. The van der Waals surface area contributed by atoms with Crippen LogP contribution in [0.3, 0.4) is 0 Å². The lowest BCUT2D eigenvalue weighted by Crippen LogP contribution is -2.54. The number of piperazine rings is 1. The molecule has 1 fully saturated rings. The molecule has 1 amide bonds. The molecule has 3 rings (SSSR count). The molecule has 0 bridgehead atoms. The third kappa shape index (κ3) is 5.10. The van der Waals surface area contributed by atoms with E-state index in [0.29, 0.717) is 12.5 Å². The summed E-state index contributed by atoms with van der Waals surface area (Å²) in [6, 6.07) is 16.8. The van der Waals surface area contributed by atoms with Crippen LogP contribution in [0.2, 0.25) is 0 Å². The van der Waals surface area contributed by atoms with Gasteiger partial charge in [0.1, 0.15) is 5.82 Å². The summed E-state index contributed by atoms with van der Waals surface area (Å²) in [5.74, 6) is 0.214. The smallest absolute Gasteiger partial charge is 0.237 e. The van der Waals surface area contributed by atoms with Crippen molar-refractivity contribution >= 4 is 11.6 Å². The van der Waals surface area contributed by atoms with Crippen LogP contribution in [0.1, 0.15) is 31.7 Å². The molecule has 0 saturated carbocycles. The van der Waals surface area contributed by atoms with Crippen LogP contribution in [-0.4, -0.2) is 49.6 Å². The summed E-state index contributed by atoms with van der Waals surface area (Å²) in [5.41, 5.74) is 2.30. The second-order valence-corrected chi connectivity index (χ2v) is 7.44. The fraction of sp³-hybridized carbons (Fsp3) is 0.435. The third-order valence-electron chi connectivity index (χ3n) is 5.72. The van der Waals surface area contributed by atoms with Crippen LogP contribution >= 0.6 is 0 Å². The van der Waals surface area contributed by atoms with Crippen molar-refractivity contribution < 1.29 is 9.18 Å². The van der Waals surface area contributed by atoms with Crippen molar-refractivity contribution in [2.45, 2.75) is 32.2 Å². The normalized spacial score (nSPS) is 17.2. The number of nitrogens with zero attached hydrogens (tertiary/aromatic N) is 2. The van der Waals surface area contributed by atoms with Gasteiger partial charge in [-0.15, -0.1) is 0 Å². The van der Waals surface area contributed by atoms with Gasteiger partial charge in [0.15, 0.2) is 0 Å². The molecular formula is C23H30FN3O. The van der Waals surface area contributed by atoms with E-state index in [1.165, 1.54) is 17.7 Å². The lowest BCUT2D eigenvalue weighted by molar-refractivity contribution is -0.126. The van der Waals surface area contributed by atoms with Crippen molar-refractivity contribution in [2.24, 2.45) is 0 Å². The van der Waals surface area contributed by atoms with Gasteiger partial charge >= 0.3 is 0 Å². The van der Waals surface area contributed by atoms with E-state index >= 15 is 0 Å². The number of rotatable bonds is 7. The summed E-state index contributed by atoms with van der Waals surface area (Å²) in [7, 11) is 0. The van der Waals surface area contributed by atoms with Crippen molar-refractivity contribution in [1.82, 2.24) is 10.2 Å². The van der Waals surface area contributed by atoms with Crippen LogP contribution in [0.5, 0.6) is 0 Å². The Morgan fingerprint density at radius 1 is 1.04 bits per heavy atom. The molecule has 28 heavy (non-hydrogen) atoms. The van der Waals surface area contributed by atoms with E-state index in [1.54, 1.807) is 0 Å². The number of halogens is 1. The Labute approximate surface area is 167 Å². The molecule has 1 aliphatic rings. The predicted octanol–water partition coefficient (Wildman–Crippen LogP) is 3.65. The van der Waals surface area contributed by atoms with E-state index in [2.05, 4.69) is 34.2 Å². The van der Waals surface area contributed by atoms with Gasteiger partial charge in [-0.3, -0.25) is 9.69 Å². The zero-order valence-electron chi connectivity index (χ0n) is 16.8. The SMILES string of the molecule is CC[C@H](CNC(=O)[C@H](C)N1CCN(c2ccc(F)cc2)CC1)c1ccccc1. The van der Waals surface area contributed by atoms with Gasteiger partial charge in [0.25, 0.3) is 0 Å². The molecule has 1 saturated heterocycles. The number of carbonyl (C=O) groups excluding carboxylic acids is 1. The number of hydrogen-bond acceptors (Lipinski definition) is 3. The van der Waals surface area contributed by atoms with Gasteiger partial charge in [0, 0.05) is 44.3 Å². The highest BCUT2D eigenvalue weighted by molar-refractivity contribution is 5.81. The Balaban J connectivity index is 1.48. The van der Waals surface area contributed by atoms with E-state index in [1.807, 2.05) is 37.3 Å². The highest BCUT2D eigenvalue weighted by Crippen LogP contribution is 2.19. The van der Waals surface area contributed by atoms with Crippen LogP contribution in [0.4, 0.5) is 10.1 Å². The average Bonchev–Trinajstić information content (AvgIpc) is 2.75. The molecule has 0 aliphatic carbocycles. The minimum atomic E-state index is -0.214. The number of amides is 1. The Hall–Kier alpha value is -2.40. The summed E-state index contributed by atoms with van der Waals surface area (Å²) < 4.78 is 13.1. The van der Waals surface area contributed by atoms with E-state index in [9.17, 15) is 9.18 Å². The Morgan fingerprint density at radius 3 is 2.29 bits per heavy atom. The maximum atomic E-state index is 13.1. The Morgan fingerprint density at radius 2 is 1.68 bits per heavy atom. The molecule has 0 spiro atoms. The van der Waals surface area contributed by atoms with Crippen molar-refractivity contribution in [3.63, 3.8) is 0 Å². The van der Waals surface area contributed by atoms with Crippen LogP contribution in [0, 0.1) is 5.82 Å². The van der Waals surface area contributed by atoms with Crippen molar-refractivity contribution in [2.75, 3.05) is 37.6 Å². The average molecular weight is 384 g/mol. The van der Waals surface area contributed by atoms with Gasteiger partial charge in [-0.1, -0.05) is 37.3 Å². The zero-order chi connectivity index (χ0) is 19.9. The zero-order valence-corrected chi connectivity index (χ0v) is 16.8. The molecule has 0 unspecified atom stereocenters. The van der Waals surface area contributed by atoms with Crippen LogP contribution in [-0.2, 0) is 4.79 Å². The lowest BCUT2D eigenvalue weighted by atomic mass is 9.96. The molecule has 0 radical (unpaired) electrons. The summed E-state index contributed by atoms with van der Waals surface area (Å²) in [6.07, 6.45) is 0.995. The topological polar surface area (TPSA) is 35.6 Å². The van der Waals surface area contributed by atoms with Gasteiger partial charge in [-0.25, -0.2) is 4.39 Å². The van der Waals surface area contributed by atoms with Gasteiger partial charge in [0.05, 0.1) is 6.04 Å². The van der Waals surface area contributed by atoms with E-state index in [-0.39, 0.29) is 17.8 Å². The summed E-state index contributed by atoms with van der Waals surface area (Å²) >= 11 is 0. The van der Waals surface area contributed by atoms with E-state index in [0.717, 1.165) is 38.3 Å². The van der Waals surface area contributed by atoms with Crippen molar-refractivity contribution in [3.8, 4) is 0 Å². The Bertz CT molecular complexity index is 742. The highest BCUT2D eigenvalue weighted by Gasteiger charge is 2.26. The Kier molecular flexibility index (Phi) is 7.04. The van der Waals surface area contributed by atoms with Crippen molar-refractivity contribution in [1.29, 1.82) is 0 Å². The number of carbonyl (C=O) groups is 1. The molecule has 4 nitrogen and oxygen atoms in total. The molecule has 1 aliphatic heterocycles. The highest BCUT2D eigenvalue weighted by atomic mass is 19.1. The summed E-state index contributed by atoms with van der Waals surface area (Å²) in [5, 5.41) is 3.14. The fourth-order valence-electron chi connectivity index (χ4n) is 3.78. The van der Waals surface area contributed by atoms with Crippen LogP contribution in [0.15, 0.2) is 54.6 Å². The third-order valence-corrected chi connectivity index (χ3v) is 5.72. The largest absolute Gasteiger partial charge is 0.369 e. The molecule has 1 heterocycles. The maximum absolute atomic E-state index is 13.1. The first kappa shape index (κ1) is 20.3. The lowest BCUT2D eigenvalue weighted by Gasteiger charge is -2.38. The minimum Gasteiger partial charge on any atom is -0.369 e. The molecule has 150 valence electrons. The first-order chi connectivity index (χ1) is 13.6. The predicted molar refractivity (Wildman–Crippen MR) is 112 cm³/mol. The number of hydrogen-bond donors (Lipinski definition) is 1. The molecule has 2 aromatic rings. The van der Waals surface area contributed by atoms with Gasteiger partial charge in [-0.05, 0) is 43.2 Å². The minimum absolute atomic E-state index is 0.0876. The number of nitrogens with one attached hydrogen (secondary N) is 1. The molecular weight excluding hydrogens is 353 g/mol. The quantitative estimate of drug-likeness (QED) is 0.793. The monoisotopic (exact) mass is 383 g/mol. The van der Waals surface area contributed by atoms with Crippen molar-refractivity contribution in [3.05, 3.63) is 66.0 Å². The fourth-order valence-corrected chi connectivity index (χ4v) is 3.78. The molecule has 1 N–H and O–H groups in total. The molecule has 5 heteroatoms. The molecule has 2 atom stereocenters. The second kappa shape index (κ2) is 9.69. The molecule has 0 aromatic heterocycles. The first-order valence-corrected chi connectivity index (χ1v) is 10.2. The van der Waals surface area contributed by atoms with Crippen LogP contribution in [0.25, 0.3) is 0 Å². The summed E-state index contributed by atoms with van der Waals surface area (Å²) in [4.78, 5) is 17.1. The first-order valence-electron chi connectivity index (χ1n) is 10.2. The van der Waals surface area contributed by atoms with Gasteiger partial charge < -0.3 is 10.2 Å². The van der Waals surface area contributed by atoms with Crippen LogP contribution < -0.4 is 10.2 Å². The number of anilines is 1. The van der Waals surface area contributed by atoms with Gasteiger partial charge in [-0.2, -0.15) is 0 Å². The molecule has 2 aromatic carbocycles. The second-order valence-electron chi connectivity index (χ2n) is 7.44.